The van der Waals surface area contributed by atoms with E-state index in [2.05, 4.69) is 40.7 Å². The number of aldehydes is 1. The van der Waals surface area contributed by atoms with Crippen molar-refractivity contribution in [3.63, 3.8) is 0 Å². The molecule has 1 fully saturated rings. The van der Waals surface area contributed by atoms with Crippen molar-refractivity contribution in [2.24, 2.45) is 5.92 Å². The zero-order valence-corrected chi connectivity index (χ0v) is 20.7. The molecule has 32 heavy (non-hydrogen) atoms. The third-order valence-corrected chi connectivity index (χ3v) is 7.63. The van der Waals surface area contributed by atoms with Gasteiger partial charge in [0.05, 0.1) is 5.56 Å². The molecule has 0 aliphatic carbocycles. The molecule has 1 aliphatic rings. The Morgan fingerprint density at radius 2 is 1.91 bits per heavy atom. The third kappa shape index (κ3) is 5.49. The minimum absolute atomic E-state index is 0.0574. The van der Waals surface area contributed by atoms with E-state index >= 15 is 0 Å². The second-order valence-electron chi connectivity index (χ2n) is 9.05. The van der Waals surface area contributed by atoms with Gasteiger partial charge in [-0.1, -0.05) is 0 Å². The maximum absolute atomic E-state index is 13.6. The molecule has 0 radical (unpaired) electrons. The highest BCUT2D eigenvalue weighted by molar-refractivity contribution is 9.10. The first-order valence-electron chi connectivity index (χ1n) is 10.3. The average Bonchev–Trinajstić information content (AvgIpc) is 3.21. The molecule has 0 N–H and O–H groups in total. The smallest absolute Gasteiger partial charge is 0.231 e. The van der Waals surface area contributed by atoms with E-state index < -0.39 is 31.4 Å². The normalized spacial score (nSPS) is 16.8. The molecule has 1 aromatic carbocycles. The van der Waals surface area contributed by atoms with Crippen molar-refractivity contribution in [3.05, 3.63) is 45.3 Å². The van der Waals surface area contributed by atoms with Crippen LogP contribution in [0.4, 0.5) is 19.0 Å². The van der Waals surface area contributed by atoms with Crippen LogP contribution in [0.3, 0.4) is 0 Å². The lowest BCUT2D eigenvalue weighted by Gasteiger charge is -2.27. The van der Waals surface area contributed by atoms with E-state index in [0.29, 0.717) is 36.3 Å². The molecular formula is C21H25BrF3N3O3Si-. The zero-order chi connectivity index (χ0) is 23.6. The highest BCUT2D eigenvalue weighted by Crippen LogP contribution is 2.33. The second kappa shape index (κ2) is 9.88. The van der Waals surface area contributed by atoms with Crippen molar-refractivity contribution in [1.82, 2.24) is 9.78 Å². The summed E-state index contributed by atoms with van der Waals surface area (Å²) in [6, 6.07) is 2.76. The largest absolute Gasteiger partial charge is 0.362 e. The highest BCUT2D eigenvalue weighted by Gasteiger charge is 2.36. The van der Waals surface area contributed by atoms with E-state index in [9.17, 15) is 22.8 Å². The lowest BCUT2D eigenvalue weighted by molar-refractivity contribution is -0.120. The van der Waals surface area contributed by atoms with Gasteiger partial charge in [-0.05, 0) is 46.5 Å². The summed E-state index contributed by atoms with van der Waals surface area (Å²) in [7, 11) is -1.28. The maximum atomic E-state index is 13.6. The summed E-state index contributed by atoms with van der Waals surface area (Å²) < 4.78 is 47.8. The number of anilines is 1. The monoisotopic (exact) mass is 531 g/mol. The minimum atomic E-state index is -1.54. The van der Waals surface area contributed by atoms with E-state index in [1.54, 1.807) is 0 Å². The van der Waals surface area contributed by atoms with Gasteiger partial charge in [0.25, 0.3) is 0 Å². The van der Waals surface area contributed by atoms with Crippen LogP contribution in [0.2, 0.25) is 25.7 Å². The van der Waals surface area contributed by atoms with Crippen LogP contribution in [-0.4, -0.2) is 43.2 Å². The Balaban J connectivity index is 1.77. The topological polar surface area (TPSA) is 64.4 Å². The summed E-state index contributed by atoms with van der Waals surface area (Å²) in [5.41, 5.74) is 0.424. The Morgan fingerprint density at radius 1 is 1.25 bits per heavy atom. The fourth-order valence-electron chi connectivity index (χ4n) is 3.59. The molecule has 0 saturated carbocycles. The van der Waals surface area contributed by atoms with Crippen LogP contribution in [-0.2, 0) is 22.7 Å². The van der Waals surface area contributed by atoms with Crippen molar-refractivity contribution in [2.45, 2.75) is 45.3 Å². The van der Waals surface area contributed by atoms with Crippen LogP contribution in [0.5, 0.6) is 0 Å². The predicted octanol–water partition coefficient (Wildman–Crippen LogP) is 4.78. The van der Waals surface area contributed by atoms with Crippen molar-refractivity contribution >= 4 is 42.0 Å². The Morgan fingerprint density at radius 3 is 2.50 bits per heavy atom. The van der Waals surface area contributed by atoms with E-state index in [-0.39, 0.29) is 30.2 Å². The van der Waals surface area contributed by atoms with Crippen molar-refractivity contribution < 1.29 is 27.5 Å². The lowest BCUT2D eigenvalue weighted by Crippen LogP contribution is -2.31. The third-order valence-electron chi connectivity index (χ3n) is 5.34. The maximum Gasteiger partial charge on any atom is 0.231 e. The first-order valence-corrected chi connectivity index (χ1v) is 14.8. The standard InChI is InChI=1S/C21H25BrF3N3O3Si/c1-32(2,3)7-6-31-12-28-20(15(11-29)19(22)26-28)27-5-4-14(21(27)30)8-13-9-16(23)18(25)17(24)10-13/h9-11,14H,4-8,12H2,1-3H3/q-1. The molecule has 1 atom stereocenters. The Hall–Kier alpha value is -1.98. The summed E-state index contributed by atoms with van der Waals surface area (Å²) >= 11 is 3.26. The van der Waals surface area contributed by atoms with Crippen molar-refractivity contribution in [1.29, 1.82) is 0 Å². The SMILES string of the molecule is C[Si-](C)(C)CCOCn1nc(Br)c(C=O)c1N1CCC(Cc2cc(F)c(F)c(F)c2)C1=O. The van der Waals surface area contributed by atoms with Gasteiger partial charge in [-0.3, -0.25) is 14.5 Å². The molecule has 1 amide bonds. The first-order chi connectivity index (χ1) is 15.0. The molecule has 1 aromatic heterocycles. The molecule has 1 unspecified atom stereocenters. The predicted molar refractivity (Wildman–Crippen MR) is 120 cm³/mol. The zero-order valence-electron chi connectivity index (χ0n) is 18.1. The fourth-order valence-corrected chi connectivity index (χ4v) is 4.81. The molecule has 11 heteroatoms. The Bertz CT molecular complexity index is 1000. The summed E-state index contributed by atoms with van der Waals surface area (Å²) in [6.07, 6.45) is 1.09. The summed E-state index contributed by atoms with van der Waals surface area (Å²) in [5, 5.41) is 4.29. The number of halogens is 4. The van der Waals surface area contributed by atoms with E-state index in [4.69, 9.17) is 4.74 Å². The van der Waals surface area contributed by atoms with Gasteiger partial charge in [0, 0.05) is 19.1 Å². The van der Waals surface area contributed by atoms with Crippen LogP contribution < -0.4 is 4.90 Å². The molecule has 6 nitrogen and oxygen atoms in total. The second-order valence-corrected chi connectivity index (χ2v) is 15.4. The summed E-state index contributed by atoms with van der Waals surface area (Å²) in [4.78, 5) is 26.2. The van der Waals surface area contributed by atoms with Gasteiger partial charge in [0.15, 0.2) is 23.7 Å². The van der Waals surface area contributed by atoms with Crippen molar-refractivity contribution in [2.75, 3.05) is 18.1 Å². The van der Waals surface area contributed by atoms with Crippen LogP contribution in [0.1, 0.15) is 22.3 Å². The number of benzene rings is 1. The van der Waals surface area contributed by atoms with E-state index in [1.165, 1.54) is 9.58 Å². The molecule has 0 bridgehead atoms. The highest BCUT2D eigenvalue weighted by atomic mass is 79.9. The molecule has 2 heterocycles. The molecule has 175 valence electrons. The number of carbonyl (C=O) groups excluding carboxylic acids is 2. The van der Waals surface area contributed by atoms with Crippen LogP contribution in [0, 0.1) is 23.4 Å². The summed E-state index contributed by atoms with van der Waals surface area (Å²) in [6.45, 7) is 7.63. The van der Waals surface area contributed by atoms with E-state index in [0.717, 1.165) is 18.2 Å². The first kappa shape index (κ1) is 24.7. The Labute approximate surface area is 193 Å². The van der Waals surface area contributed by atoms with Gasteiger partial charge < -0.3 is 4.74 Å². The average molecular weight is 532 g/mol. The number of carbonyl (C=O) groups is 2. The van der Waals surface area contributed by atoms with Gasteiger partial charge in [0.2, 0.25) is 5.91 Å². The molecule has 3 rings (SSSR count). The van der Waals surface area contributed by atoms with Crippen LogP contribution in [0.15, 0.2) is 16.7 Å². The number of rotatable bonds is 9. The van der Waals surface area contributed by atoms with Crippen LogP contribution in [0.25, 0.3) is 0 Å². The molecule has 1 aliphatic heterocycles. The number of aromatic nitrogens is 2. The Kier molecular flexibility index (Phi) is 7.61. The number of ether oxygens (including phenoxy) is 1. The van der Waals surface area contributed by atoms with Gasteiger partial charge in [-0.15, -0.1) is 14.1 Å². The van der Waals surface area contributed by atoms with E-state index in [1.807, 2.05) is 0 Å². The minimum Gasteiger partial charge on any atom is -0.362 e. The number of hydrogen-bond acceptors (Lipinski definition) is 4. The van der Waals surface area contributed by atoms with Gasteiger partial charge in [0.1, 0.15) is 17.2 Å². The van der Waals surface area contributed by atoms with Crippen LogP contribution >= 0.6 is 15.9 Å². The number of amides is 1. The molecular weight excluding hydrogens is 507 g/mol. The number of nitrogens with zero attached hydrogens (tertiary/aromatic N) is 3. The van der Waals surface area contributed by atoms with Gasteiger partial charge in [-0.2, -0.15) is 24.7 Å². The quantitative estimate of drug-likeness (QED) is 0.202. The molecule has 2 aromatic rings. The van der Waals surface area contributed by atoms with Gasteiger partial charge in [-0.25, -0.2) is 17.9 Å². The summed E-state index contributed by atoms with van der Waals surface area (Å²) in [5.74, 6) is -4.65. The number of hydrogen-bond donors (Lipinski definition) is 0. The lowest BCUT2D eigenvalue weighted by atomic mass is 9.98. The van der Waals surface area contributed by atoms with Gasteiger partial charge >= 0.3 is 0 Å². The molecule has 0 spiro atoms. The van der Waals surface area contributed by atoms with Crippen molar-refractivity contribution in [3.8, 4) is 0 Å². The molecule has 1 saturated heterocycles. The fraction of sp³-hybridized carbons (Fsp3) is 0.476.